The number of carbonyl (C=O) groups is 2. The van der Waals surface area contributed by atoms with Gasteiger partial charge in [0.1, 0.15) is 17.2 Å². The molecule has 0 saturated heterocycles. The van der Waals surface area contributed by atoms with Crippen LogP contribution in [0.1, 0.15) is 64.1 Å². The van der Waals surface area contributed by atoms with Crippen LogP contribution in [0.2, 0.25) is 5.02 Å². The van der Waals surface area contributed by atoms with Crippen LogP contribution in [0.15, 0.2) is 72.9 Å². The fourth-order valence-electron chi connectivity index (χ4n) is 6.38. The van der Waals surface area contributed by atoms with Crippen LogP contribution in [-0.2, 0) is 17.7 Å². The van der Waals surface area contributed by atoms with E-state index in [1.54, 1.807) is 32.4 Å². The highest BCUT2D eigenvalue weighted by molar-refractivity contribution is 6.32. The smallest absolute Gasteiger partial charge is 0.337 e. The van der Waals surface area contributed by atoms with E-state index in [0.29, 0.717) is 51.5 Å². The van der Waals surface area contributed by atoms with E-state index in [0.717, 1.165) is 41.3 Å². The number of hydrogen-bond donors (Lipinski definition) is 1. The minimum Gasteiger partial charge on any atom is -0.496 e. The Morgan fingerprint density at radius 3 is 2.40 bits per heavy atom. The molecule has 2 heterocycles. The number of para-hydroxylation sites is 1. The second kappa shape index (κ2) is 14.3. The van der Waals surface area contributed by atoms with Crippen molar-refractivity contribution < 1.29 is 23.8 Å². The van der Waals surface area contributed by atoms with Crippen LogP contribution >= 0.6 is 11.6 Å². The summed E-state index contributed by atoms with van der Waals surface area (Å²) in [6.07, 6.45) is 8.66. The number of benzene rings is 3. The summed E-state index contributed by atoms with van der Waals surface area (Å²) in [5.74, 6) is 1.01. The molecule has 0 radical (unpaired) electrons. The predicted octanol–water partition coefficient (Wildman–Crippen LogP) is 7.98. The Morgan fingerprint density at radius 2 is 1.68 bits per heavy atom. The minimum atomic E-state index is -0.401. The molecule has 0 atom stereocenters. The third-order valence-corrected chi connectivity index (χ3v) is 9.11. The van der Waals surface area contributed by atoms with Gasteiger partial charge in [0.05, 0.1) is 37.6 Å². The van der Waals surface area contributed by atoms with Gasteiger partial charge < -0.3 is 18.8 Å². The Morgan fingerprint density at radius 1 is 0.936 bits per heavy atom. The molecule has 1 saturated carbocycles. The molecule has 0 aliphatic heterocycles. The largest absolute Gasteiger partial charge is 0.496 e. The maximum atomic E-state index is 14.0. The van der Waals surface area contributed by atoms with E-state index in [-0.39, 0.29) is 11.9 Å². The first-order valence-corrected chi connectivity index (χ1v) is 16.1. The molecule has 9 nitrogen and oxygen atoms in total. The lowest BCUT2D eigenvalue weighted by Gasteiger charge is -2.23. The zero-order chi connectivity index (χ0) is 32.9. The molecule has 10 heteroatoms. The van der Waals surface area contributed by atoms with Gasteiger partial charge in [-0.15, -0.1) is 0 Å². The normalized spacial score (nSPS) is 13.4. The molecule has 1 aliphatic carbocycles. The summed E-state index contributed by atoms with van der Waals surface area (Å²) in [4.78, 5) is 35.4. The van der Waals surface area contributed by atoms with Gasteiger partial charge in [-0.2, -0.15) is 0 Å². The summed E-state index contributed by atoms with van der Waals surface area (Å²) in [6, 6.07) is 20.4. The highest BCUT2D eigenvalue weighted by atomic mass is 35.5. The van der Waals surface area contributed by atoms with Gasteiger partial charge in [-0.3, -0.25) is 10.1 Å². The maximum Gasteiger partial charge on any atom is 0.337 e. The lowest BCUT2D eigenvalue weighted by atomic mass is 9.84. The first-order valence-electron chi connectivity index (χ1n) is 15.7. The molecule has 3 aromatic carbocycles. The first kappa shape index (κ1) is 32.1. The molecule has 1 amide bonds. The zero-order valence-corrected chi connectivity index (χ0v) is 27.5. The van der Waals surface area contributed by atoms with Crippen molar-refractivity contribution >= 4 is 40.3 Å². The number of carbonyl (C=O) groups excluding carboxylic acids is 2. The molecule has 2 aromatic heterocycles. The Labute approximate surface area is 278 Å². The Kier molecular flexibility index (Phi) is 9.73. The lowest BCUT2D eigenvalue weighted by Crippen LogP contribution is -2.19. The lowest BCUT2D eigenvalue weighted by molar-refractivity contribution is 0.0600. The van der Waals surface area contributed by atoms with Crippen molar-refractivity contribution in [3.8, 4) is 22.8 Å². The van der Waals surface area contributed by atoms with E-state index in [1.807, 2.05) is 59.3 Å². The Bertz CT molecular complexity index is 1910. The Balaban J connectivity index is 1.36. The number of anilines is 1. The molecular weight excluding hydrogens is 616 g/mol. The molecule has 1 fully saturated rings. The van der Waals surface area contributed by atoms with Crippen LogP contribution in [0.4, 0.5) is 5.95 Å². The predicted molar refractivity (Wildman–Crippen MR) is 183 cm³/mol. The number of aromatic nitrogens is 3. The standard InChI is InChI=1S/C37H37ClN4O5/c1-45-32-20-29(38)33(46-2)19-28(32)34-27(17-23-9-5-4-6-10-23)21-39-37(40-34)41-35(43)31-18-26-11-7-8-12-30(26)42(31)22-24-13-15-25(16-14-24)36(44)47-3/h7-8,11-16,18-21,23H,4-6,9-10,17,22H2,1-3H3,(H,39,40,41,43). The molecule has 1 aliphatic rings. The minimum absolute atomic E-state index is 0.174. The third kappa shape index (κ3) is 6.95. The first-order chi connectivity index (χ1) is 22.9. The van der Waals surface area contributed by atoms with Crippen LogP contribution in [0.3, 0.4) is 0 Å². The summed E-state index contributed by atoms with van der Waals surface area (Å²) in [7, 11) is 4.51. The van der Waals surface area contributed by atoms with Gasteiger partial charge in [-0.05, 0) is 53.8 Å². The number of amides is 1. The molecule has 47 heavy (non-hydrogen) atoms. The summed E-state index contributed by atoms with van der Waals surface area (Å²) < 4.78 is 18.0. The van der Waals surface area contributed by atoms with Gasteiger partial charge in [0, 0.05) is 35.3 Å². The number of methoxy groups -OCH3 is 3. The van der Waals surface area contributed by atoms with Crippen LogP contribution in [-0.4, -0.2) is 47.7 Å². The van der Waals surface area contributed by atoms with Crippen molar-refractivity contribution in [1.29, 1.82) is 0 Å². The number of hydrogen-bond acceptors (Lipinski definition) is 7. The number of nitrogens with one attached hydrogen (secondary N) is 1. The number of ether oxygens (including phenoxy) is 3. The van der Waals surface area contributed by atoms with E-state index in [9.17, 15) is 9.59 Å². The number of nitrogens with zero attached hydrogens (tertiary/aromatic N) is 3. The van der Waals surface area contributed by atoms with Crippen molar-refractivity contribution in [2.75, 3.05) is 26.6 Å². The highest BCUT2D eigenvalue weighted by Crippen LogP contribution is 2.40. The van der Waals surface area contributed by atoms with E-state index >= 15 is 0 Å². The molecule has 0 spiro atoms. The average Bonchev–Trinajstić information content (AvgIpc) is 3.47. The van der Waals surface area contributed by atoms with Crippen molar-refractivity contribution in [2.45, 2.75) is 45.1 Å². The van der Waals surface area contributed by atoms with Gasteiger partial charge in [0.15, 0.2) is 0 Å². The van der Waals surface area contributed by atoms with Crippen LogP contribution in [0.5, 0.6) is 11.5 Å². The zero-order valence-electron chi connectivity index (χ0n) is 26.7. The average molecular weight is 653 g/mol. The van der Waals surface area contributed by atoms with Crippen molar-refractivity contribution in [3.05, 3.63) is 100 Å². The molecule has 242 valence electrons. The molecule has 1 N–H and O–H groups in total. The number of rotatable bonds is 10. The number of halogens is 1. The summed E-state index contributed by atoms with van der Waals surface area (Å²) in [6.45, 7) is 0.409. The van der Waals surface area contributed by atoms with E-state index in [4.69, 9.17) is 30.8 Å². The van der Waals surface area contributed by atoms with Gasteiger partial charge in [0.25, 0.3) is 5.91 Å². The molecule has 6 rings (SSSR count). The van der Waals surface area contributed by atoms with Gasteiger partial charge in [0.2, 0.25) is 5.95 Å². The van der Waals surface area contributed by atoms with Crippen LogP contribution in [0, 0.1) is 5.92 Å². The second-order valence-corrected chi connectivity index (χ2v) is 12.2. The highest BCUT2D eigenvalue weighted by Gasteiger charge is 2.23. The van der Waals surface area contributed by atoms with Gasteiger partial charge in [-0.25, -0.2) is 14.8 Å². The topological polar surface area (TPSA) is 105 Å². The van der Waals surface area contributed by atoms with Crippen molar-refractivity contribution in [1.82, 2.24) is 14.5 Å². The van der Waals surface area contributed by atoms with E-state index < -0.39 is 5.97 Å². The summed E-state index contributed by atoms with van der Waals surface area (Å²) >= 11 is 6.45. The maximum absolute atomic E-state index is 14.0. The Hall–Kier alpha value is -4.89. The quantitative estimate of drug-likeness (QED) is 0.153. The van der Waals surface area contributed by atoms with E-state index in [2.05, 4.69) is 10.3 Å². The molecule has 0 bridgehead atoms. The SMILES string of the molecule is COC(=O)c1ccc(Cn2c(C(=O)Nc3ncc(CC4CCCCC4)c(-c4cc(OC)c(Cl)cc4OC)n3)cc3ccccc32)cc1. The summed E-state index contributed by atoms with van der Waals surface area (Å²) in [5, 5.41) is 4.30. The van der Waals surface area contributed by atoms with Crippen LogP contribution in [0.25, 0.3) is 22.2 Å². The number of fused-ring (bicyclic) bond motifs is 1. The second-order valence-electron chi connectivity index (χ2n) is 11.8. The number of esters is 1. The van der Waals surface area contributed by atoms with E-state index in [1.165, 1.54) is 26.4 Å². The van der Waals surface area contributed by atoms with Gasteiger partial charge >= 0.3 is 5.97 Å². The molecule has 0 unspecified atom stereocenters. The molecule has 5 aromatic rings. The van der Waals surface area contributed by atoms with Crippen molar-refractivity contribution in [3.63, 3.8) is 0 Å². The molecular formula is C37H37ClN4O5. The van der Waals surface area contributed by atoms with Crippen LogP contribution < -0.4 is 14.8 Å². The third-order valence-electron chi connectivity index (χ3n) is 8.81. The fourth-order valence-corrected chi connectivity index (χ4v) is 6.61. The monoisotopic (exact) mass is 652 g/mol. The summed E-state index contributed by atoms with van der Waals surface area (Å²) in [5.41, 5.74) is 5.08. The van der Waals surface area contributed by atoms with Gasteiger partial charge in [-0.1, -0.05) is 74.0 Å². The fraction of sp³-hybridized carbons (Fsp3) is 0.297. The van der Waals surface area contributed by atoms with Crippen molar-refractivity contribution in [2.24, 2.45) is 5.92 Å².